The molecule has 0 heterocycles. The molecule has 1 amide bonds. The Morgan fingerprint density at radius 2 is 1.72 bits per heavy atom. The molecular weight excluding hydrogens is 315 g/mol. The first-order chi connectivity index (χ1) is 12.0. The summed E-state index contributed by atoms with van der Waals surface area (Å²) >= 11 is 0. The first kappa shape index (κ1) is 17.1. The van der Waals surface area contributed by atoms with E-state index in [2.05, 4.69) is 35.6 Å². The van der Waals surface area contributed by atoms with Crippen molar-refractivity contribution in [1.82, 2.24) is 4.90 Å². The highest BCUT2D eigenvalue weighted by atomic mass is 19.1. The molecule has 128 valence electrons. The van der Waals surface area contributed by atoms with Gasteiger partial charge in [-0.05, 0) is 48.5 Å². The molecule has 0 aliphatic rings. The lowest BCUT2D eigenvalue weighted by Crippen LogP contribution is -2.39. The summed E-state index contributed by atoms with van der Waals surface area (Å²) in [5.74, 6) is -0.659. The van der Waals surface area contributed by atoms with Crippen LogP contribution in [0.5, 0.6) is 0 Å². The number of rotatable bonds is 5. The van der Waals surface area contributed by atoms with Gasteiger partial charge in [-0.3, -0.25) is 9.69 Å². The zero-order chi connectivity index (χ0) is 17.8. The molecule has 4 heteroatoms. The number of halogens is 1. The van der Waals surface area contributed by atoms with Crippen molar-refractivity contribution in [3.8, 4) is 0 Å². The van der Waals surface area contributed by atoms with Gasteiger partial charge in [-0.15, -0.1) is 0 Å². The molecule has 0 saturated carbocycles. The fourth-order valence-electron chi connectivity index (χ4n) is 2.76. The molecule has 3 aromatic carbocycles. The monoisotopic (exact) mass is 336 g/mol. The van der Waals surface area contributed by atoms with E-state index in [9.17, 15) is 9.18 Å². The van der Waals surface area contributed by atoms with Crippen molar-refractivity contribution in [2.75, 3.05) is 12.4 Å². The maximum atomic E-state index is 13.7. The fourth-order valence-corrected chi connectivity index (χ4v) is 2.76. The van der Waals surface area contributed by atoms with E-state index in [1.165, 1.54) is 16.8 Å². The van der Waals surface area contributed by atoms with Gasteiger partial charge >= 0.3 is 0 Å². The van der Waals surface area contributed by atoms with Gasteiger partial charge in [0.1, 0.15) is 5.82 Å². The normalized spacial score (nSPS) is 12.3. The molecule has 0 saturated heterocycles. The number of carbonyl (C=O) groups is 1. The largest absolute Gasteiger partial charge is 0.322 e. The SMILES string of the molecule is C[C@@H](C(=O)Nc1ccccc1F)N(C)Cc1ccc2ccccc2c1. The van der Waals surface area contributed by atoms with Crippen LogP contribution < -0.4 is 5.32 Å². The van der Waals surface area contributed by atoms with Gasteiger partial charge in [0.05, 0.1) is 11.7 Å². The first-order valence-electron chi connectivity index (χ1n) is 8.28. The Morgan fingerprint density at radius 3 is 2.48 bits per heavy atom. The number of nitrogens with zero attached hydrogens (tertiary/aromatic N) is 1. The number of nitrogens with one attached hydrogen (secondary N) is 1. The number of hydrogen-bond acceptors (Lipinski definition) is 2. The summed E-state index contributed by atoms with van der Waals surface area (Å²) in [6, 6.07) is 20.3. The van der Waals surface area contributed by atoms with Gasteiger partial charge in [0, 0.05) is 6.54 Å². The minimum Gasteiger partial charge on any atom is -0.322 e. The highest BCUT2D eigenvalue weighted by molar-refractivity contribution is 5.94. The fraction of sp³-hybridized carbons (Fsp3) is 0.190. The average Bonchev–Trinajstić information content (AvgIpc) is 2.62. The molecule has 0 unspecified atom stereocenters. The molecule has 3 nitrogen and oxygen atoms in total. The second-order valence-corrected chi connectivity index (χ2v) is 6.24. The summed E-state index contributed by atoms with van der Waals surface area (Å²) in [5.41, 5.74) is 1.34. The molecule has 0 bridgehead atoms. The second-order valence-electron chi connectivity index (χ2n) is 6.24. The maximum Gasteiger partial charge on any atom is 0.241 e. The molecule has 3 aromatic rings. The third-order valence-corrected chi connectivity index (χ3v) is 4.42. The first-order valence-corrected chi connectivity index (χ1v) is 8.28. The van der Waals surface area contributed by atoms with E-state index >= 15 is 0 Å². The molecule has 0 aliphatic heterocycles. The molecule has 0 fully saturated rings. The Balaban J connectivity index is 1.67. The van der Waals surface area contributed by atoms with Crippen LogP contribution in [0.1, 0.15) is 12.5 Å². The van der Waals surface area contributed by atoms with Gasteiger partial charge in [-0.2, -0.15) is 0 Å². The van der Waals surface area contributed by atoms with Gasteiger partial charge in [-0.25, -0.2) is 4.39 Å². The summed E-state index contributed by atoms with van der Waals surface area (Å²) < 4.78 is 13.7. The number of anilines is 1. The van der Waals surface area contributed by atoms with Gasteiger partial charge < -0.3 is 5.32 Å². The van der Waals surface area contributed by atoms with Crippen molar-refractivity contribution in [2.24, 2.45) is 0 Å². The van der Waals surface area contributed by atoms with Crippen molar-refractivity contribution < 1.29 is 9.18 Å². The molecule has 0 aromatic heterocycles. The summed E-state index contributed by atoms with van der Waals surface area (Å²) in [4.78, 5) is 14.3. The van der Waals surface area contributed by atoms with Crippen LogP contribution in [-0.4, -0.2) is 23.9 Å². The Morgan fingerprint density at radius 1 is 1.04 bits per heavy atom. The van der Waals surface area contributed by atoms with Crippen LogP contribution in [0, 0.1) is 5.82 Å². The van der Waals surface area contributed by atoms with Gasteiger partial charge in [0.2, 0.25) is 5.91 Å². The zero-order valence-corrected chi connectivity index (χ0v) is 14.4. The Kier molecular flexibility index (Phi) is 5.10. The van der Waals surface area contributed by atoms with E-state index in [1.807, 2.05) is 31.0 Å². The molecule has 1 N–H and O–H groups in total. The predicted octanol–water partition coefficient (Wildman–Crippen LogP) is 4.44. The number of likely N-dealkylation sites (N-methyl/N-ethyl adjacent to an activating group) is 1. The van der Waals surface area contributed by atoms with E-state index in [0.29, 0.717) is 6.54 Å². The molecule has 25 heavy (non-hydrogen) atoms. The molecular formula is C21H21FN2O. The third kappa shape index (κ3) is 4.03. The van der Waals surface area contributed by atoms with Crippen LogP contribution in [0.2, 0.25) is 0 Å². The van der Waals surface area contributed by atoms with Crippen LogP contribution in [0.15, 0.2) is 66.7 Å². The van der Waals surface area contributed by atoms with Gasteiger partial charge in [0.25, 0.3) is 0 Å². The number of hydrogen-bond donors (Lipinski definition) is 1. The van der Waals surface area contributed by atoms with E-state index in [0.717, 1.165) is 5.56 Å². The Bertz CT molecular complexity index is 894. The summed E-state index contributed by atoms with van der Waals surface area (Å²) in [6.07, 6.45) is 0. The van der Waals surface area contributed by atoms with Crippen LogP contribution >= 0.6 is 0 Å². The van der Waals surface area contributed by atoms with Crippen molar-refractivity contribution in [2.45, 2.75) is 19.5 Å². The Labute approximate surface area is 147 Å². The summed E-state index contributed by atoms with van der Waals surface area (Å²) in [5, 5.41) is 5.02. The second kappa shape index (κ2) is 7.45. The molecule has 3 rings (SSSR count). The quantitative estimate of drug-likeness (QED) is 0.747. The summed E-state index contributed by atoms with van der Waals surface area (Å²) in [6.45, 7) is 2.45. The predicted molar refractivity (Wildman–Crippen MR) is 99.9 cm³/mol. The molecule has 0 radical (unpaired) electrons. The Hall–Kier alpha value is -2.72. The topological polar surface area (TPSA) is 32.3 Å². The lowest BCUT2D eigenvalue weighted by Gasteiger charge is -2.24. The lowest BCUT2D eigenvalue weighted by molar-refractivity contribution is -0.120. The minimum atomic E-state index is -0.430. The van der Waals surface area contributed by atoms with Gasteiger partial charge in [-0.1, -0.05) is 48.5 Å². The van der Waals surface area contributed by atoms with E-state index < -0.39 is 5.82 Å². The number of amides is 1. The number of fused-ring (bicyclic) bond motifs is 1. The van der Waals surface area contributed by atoms with Crippen LogP contribution in [-0.2, 0) is 11.3 Å². The van der Waals surface area contributed by atoms with Crippen LogP contribution in [0.25, 0.3) is 10.8 Å². The average molecular weight is 336 g/mol. The molecule has 1 atom stereocenters. The van der Waals surface area contributed by atoms with Crippen molar-refractivity contribution >= 4 is 22.4 Å². The lowest BCUT2D eigenvalue weighted by atomic mass is 10.1. The highest BCUT2D eigenvalue weighted by Gasteiger charge is 2.19. The van der Waals surface area contributed by atoms with Crippen molar-refractivity contribution in [3.05, 3.63) is 78.1 Å². The number of benzene rings is 3. The smallest absolute Gasteiger partial charge is 0.241 e. The van der Waals surface area contributed by atoms with Gasteiger partial charge in [0.15, 0.2) is 0 Å². The minimum absolute atomic E-state index is 0.207. The van der Waals surface area contributed by atoms with Crippen molar-refractivity contribution in [3.63, 3.8) is 0 Å². The van der Waals surface area contributed by atoms with Crippen LogP contribution in [0.3, 0.4) is 0 Å². The van der Waals surface area contributed by atoms with E-state index in [1.54, 1.807) is 18.2 Å². The third-order valence-electron chi connectivity index (χ3n) is 4.42. The number of para-hydroxylation sites is 1. The van der Waals surface area contributed by atoms with E-state index in [-0.39, 0.29) is 17.6 Å². The van der Waals surface area contributed by atoms with Crippen LogP contribution in [0.4, 0.5) is 10.1 Å². The zero-order valence-electron chi connectivity index (χ0n) is 14.4. The standard InChI is InChI=1S/C21H21FN2O/c1-15(21(25)23-20-10-6-5-9-19(20)22)24(2)14-16-11-12-17-7-3-4-8-18(17)13-16/h3-13,15H,14H2,1-2H3,(H,23,25)/t15-/m0/s1. The molecule has 0 spiro atoms. The molecule has 0 aliphatic carbocycles. The summed E-state index contributed by atoms with van der Waals surface area (Å²) in [7, 11) is 1.89. The number of carbonyl (C=O) groups excluding carboxylic acids is 1. The highest BCUT2D eigenvalue weighted by Crippen LogP contribution is 2.18. The van der Waals surface area contributed by atoms with Crippen molar-refractivity contribution in [1.29, 1.82) is 0 Å². The maximum absolute atomic E-state index is 13.7. The van der Waals surface area contributed by atoms with E-state index in [4.69, 9.17) is 0 Å².